The van der Waals surface area contributed by atoms with E-state index >= 15 is 0 Å². The van der Waals surface area contributed by atoms with Crippen LogP contribution in [0.4, 0.5) is 17.6 Å². The average Bonchev–Trinajstić information content (AvgIpc) is 3.14. The number of aromatic nitrogens is 2. The van der Waals surface area contributed by atoms with Gasteiger partial charge in [0.25, 0.3) is 5.56 Å². The molecule has 0 aliphatic heterocycles. The van der Waals surface area contributed by atoms with Crippen LogP contribution in [-0.2, 0) is 6.54 Å². The predicted molar refractivity (Wildman–Crippen MR) is 105 cm³/mol. The predicted octanol–water partition coefficient (Wildman–Crippen LogP) is 5.52. The molecule has 0 spiro atoms. The van der Waals surface area contributed by atoms with Gasteiger partial charge in [0.15, 0.2) is 0 Å². The van der Waals surface area contributed by atoms with Crippen molar-refractivity contribution in [2.45, 2.75) is 19.8 Å². The molecule has 0 aliphatic carbocycles. The summed E-state index contributed by atoms with van der Waals surface area (Å²) in [5.41, 5.74) is 2.19. The van der Waals surface area contributed by atoms with E-state index in [1.807, 2.05) is 11.5 Å². The highest BCUT2D eigenvalue weighted by Crippen LogP contribution is 2.30. The third-order valence-corrected chi connectivity index (χ3v) is 4.77. The molecule has 0 radical (unpaired) electrons. The van der Waals surface area contributed by atoms with Crippen LogP contribution < -0.4 is 10.3 Å². The number of hydrogen-bond donors (Lipinski definition) is 0. The van der Waals surface area contributed by atoms with Gasteiger partial charge in [-0.15, -0.1) is 13.2 Å². The van der Waals surface area contributed by atoms with E-state index in [1.54, 1.807) is 30.6 Å². The standard InChI is InChI=1S/C22H16F4N2O2/c1-2-27-12-11-18-20(27)19(14-3-5-15(23)6-4-14)13-28(21(18)29)16-7-9-17(10-8-16)30-22(24,25)26/h3-13H,2H2,1H3. The highest BCUT2D eigenvalue weighted by molar-refractivity contribution is 5.94. The van der Waals surface area contributed by atoms with E-state index in [4.69, 9.17) is 0 Å². The zero-order chi connectivity index (χ0) is 21.5. The highest BCUT2D eigenvalue weighted by atomic mass is 19.4. The Balaban J connectivity index is 1.90. The molecule has 154 valence electrons. The first-order valence-electron chi connectivity index (χ1n) is 9.13. The molecule has 2 aromatic heterocycles. The Morgan fingerprint density at radius 3 is 2.23 bits per heavy atom. The second kappa shape index (κ2) is 7.37. The molecule has 0 bridgehead atoms. The van der Waals surface area contributed by atoms with Crippen LogP contribution in [0.15, 0.2) is 71.8 Å². The Kier molecular flexibility index (Phi) is 4.85. The molecule has 2 aromatic carbocycles. The number of aryl methyl sites for hydroxylation is 1. The fraction of sp³-hybridized carbons (Fsp3) is 0.136. The van der Waals surface area contributed by atoms with E-state index in [0.717, 1.165) is 12.1 Å². The van der Waals surface area contributed by atoms with Gasteiger partial charge < -0.3 is 9.30 Å². The topological polar surface area (TPSA) is 36.2 Å². The van der Waals surface area contributed by atoms with Gasteiger partial charge in [-0.1, -0.05) is 12.1 Å². The minimum absolute atomic E-state index is 0.312. The van der Waals surface area contributed by atoms with Crippen LogP contribution >= 0.6 is 0 Å². The third-order valence-electron chi connectivity index (χ3n) is 4.77. The van der Waals surface area contributed by atoms with Crippen molar-refractivity contribution < 1.29 is 22.3 Å². The van der Waals surface area contributed by atoms with E-state index < -0.39 is 6.36 Å². The summed E-state index contributed by atoms with van der Waals surface area (Å²) in [6.07, 6.45) is -1.39. The maximum absolute atomic E-state index is 13.4. The molecule has 0 aliphatic rings. The van der Waals surface area contributed by atoms with Crippen LogP contribution in [0.5, 0.6) is 5.75 Å². The van der Waals surface area contributed by atoms with Crippen LogP contribution in [0.1, 0.15) is 6.92 Å². The minimum atomic E-state index is -4.80. The van der Waals surface area contributed by atoms with Crippen molar-refractivity contribution in [1.29, 1.82) is 0 Å². The number of nitrogens with zero attached hydrogens (tertiary/aromatic N) is 2. The number of ether oxygens (including phenoxy) is 1. The van der Waals surface area contributed by atoms with E-state index in [9.17, 15) is 22.4 Å². The summed E-state index contributed by atoms with van der Waals surface area (Å²) in [4.78, 5) is 13.1. The summed E-state index contributed by atoms with van der Waals surface area (Å²) in [5, 5.41) is 0.453. The second-order valence-electron chi connectivity index (χ2n) is 6.63. The molecule has 0 fully saturated rings. The van der Waals surface area contributed by atoms with E-state index in [2.05, 4.69) is 4.74 Å². The number of fused-ring (bicyclic) bond motifs is 1. The third kappa shape index (κ3) is 3.68. The van der Waals surface area contributed by atoms with Crippen molar-refractivity contribution in [2.24, 2.45) is 0 Å². The van der Waals surface area contributed by atoms with Gasteiger partial charge in [0.05, 0.1) is 10.9 Å². The van der Waals surface area contributed by atoms with Crippen molar-refractivity contribution in [3.63, 3.8) is 0 Å². The number of rotatable bonds is 4. The average molecular weight is 416 g/mol. The summed E-state index contributed by atoms with van der Waals surface area (Å²) in [5.74, 6) is -0.759. The lowest BCUT2D eigenvalue weighted by Gasteiger charge is -2.14. The molecular weight excluding hydrogens is 400 g/mol. The Morgan fingerprint density at radius 1 is 0.967 bits per heavy atom. The first-order valence-corrected chi connectivity index (χ1v) is 9.13. The molecule has 30 heavy (non-hydrogen) atoms. The Labute approximate surface area is 168 Å². The Hall–Kier alpha value is -3.55. The smallest absolute Gasteiger partial charge is 0.406 e. The molecule has 2 heterocycles. The van der Waals surface area contributed by atoms with Crippen molar-refractivity contribution >= 4 is 10.9 Å². The van der Waals surface area contributed by atoms with Gasteiger partial charge in [0, 0.05) is 30.2 Å². The van der Waals surface area contributed by atoms with Gasteiger partial charge >= 0.3 is 6.36 Å². The summed E-state index contributed by atoms with van der Waals surface area (Å²) in [7, 11) is 0. The quantitative estimate of drug-likeness (QED) is 0.411. The SMILES string of the molecule is CCn1ccc2c(=O)n(-c3ccc(OC(F)(F)F)cc3)cc(-c3ccc(F)cc3)c21. The lowest BCUT2D eigenvalue weighted by molar-refractivity contribution is -0.274. The summed E-state index contributed by atoms with van der Waals surface area (Å²) in [6, 6.07) is 12.6. The Morgan fingerprint density at radius 2 is 1.63 bits per heavy atom. The maximum atomic E-state index is 13.4. The Bertz CT molecular complexity index is 1250. The summed E-state index contributed by atoms with van der Waals surface area (Å²) in [6.45, 7) is 2.57. The van der Waals surface area contributed by atoms with Gasteiger partial charge in [-0.05, 0) is 55.0 Å². The van der Waals surface area contributed by atoms with Crippen molar-refractivity contribution in [3.8, 4) is 22.6 Å². The fourth-order valence-electron chi connectivity index (χ4n) is 3.43. The minimum Gasteiger partial charge on any atom is -0.406 e. The molecule has 4 nitrogen and oxygen atoms in total. The molecule has 4 aromatic rings. The first kappa shape index (κ1) is 19.8. The number of pyridine rings is 1. The van der Waals surface area contributed by atoms with Gasteiger partial charge in [-0.2, -0.15) is 0 Å². The number of halogens is 4. The van der Waals surface area contributed by atoms with Crippen LogP contribution in [0.25, 0.3) is 27.7 Å². The second-order valence-corrected chi connectivity index (χ2v) is 6.63. The molecule has 0 unspecified atom stereocenters. The van der Waals surface area contributed by atoms with E-state index in [-0.39, 0.29) is 17.1 Å². The monoisotopic (exact) mass is 416 g/mol. The van der Waals surface area contributed by atoms with Gasteiger partial charge in [0.1, 0.15) is 11.6 Å². The summed E-state index contributed by atoms with van der Waals surface area (Å²) >= 11 is 0. The van der Waals surface area contributed by atoms with Crippen LogP contribution in [-0.4, -0.2) is 15.5 Å². The zero-order valence-corrected chi connectivity index (χ0v) is 15.8. The molecule has 0 atom stereocenters. The summed E-state index contributed by atoms with van der Waals surface area (Å²) < 4.78 is 57.8. The fourth-order valence-corrected chi connectivity index (χ4v) is 3.43. The lowest BCUT2D eigenvalue weighted by Crippen LogP contribution is -2.19. The van der Waals surface area contributed by atoms with Crippen LogP contribution in [0, 0.1) is 5.82 Å². The van der Waals surface area contributed by atoms with Crippen molar-refractivity contribution in [3.05, 3.63) is 83.2 Å². The molecule has 8 heteroatoms. The number of hydrogen-bond acceptors (Lipinski definition) is 2. The van der Waals surface area contributed by atoms with E-state index in [0.29, 0.717) is 34.3 Å². The molecule has 4 rings (SSSR count). The maximum Gasteiger partial charge on any atom is 0.573 e. The van der Waals surface area contributed by atoms with Gasteiger partial charge in [0.2, 0.25) is 0 Å². The molecule has 0 saturated carbocycles. The molecular formula is C22H16F4N2O2. The number of alkyl halides is 3. The number of benzene rings is 2. The zero-order valence-electron chi connectivity index (χ0n) is 15.8. The van der Waals surface area contributed by atoms with E-state index in [1.165, 1.54) is 28.8 Å². The first-order chi connectivity index (χ1) is 14.3. The normalized spacial score (nSPS) is 11.8. The highest BCUT2D eigenvalue weighted by Gasteiger charge is 2.31. The molecule has 0 N–H and O–H groups in total. The van der Waals surface area contributed by atoms with Crippen molar-refractivity contribution in [2.75, 3.05) is 0 Å². The largest absolute Gasteiger partial charge is 0.573 e. The van der Waals surface area contributed by atoms with Gasteiger partial charge in [-0.25, -0.2) is 4.39 Å². The molecule has 0 saturated heterocycles. The van der Waals surface area contributed by atoms with Crippen molar-refractivity contribution in [1.82, 2.24) is 9.13 Å². The van der Waals surface area contributed by atoms with Crippen LogP contribution in [0.2, 0.25) is 0 Å². The van der Waals surface area contributed by atoms with Gasteiger partial charge in [-0.3, -0.25) is 9.36 Å². The van der Waals surface area contributed by atoms with Crippen LogP contribution in [0.3, 0.4) is 0 Å². The molecule has 0 amide bonds. The lowest BCUT2D eigenvalue weighted by atomic mass is 10.0.